The maximum atomic E-state index is 13.4. The van der Waals surface area contributed by atoms with Crippen LogP contribution in [0.15, 0.2) is 6.20 Å². The highest BCUT2D eigenvalue weighted by atomic mass is 32.2. The normalized spacial score (nSPS) is 16.7. The third kappa shape index (κ3) is 4.71. The molecule has 2 N–H and O–H groups in total. The van der Waals surface area contributed by atoms with Crippen LogP contribution in [0.3, 0.4) is 0 Å². The van der Waals surface area contributed by atoms with Gasteiger partial charge in [-0.25, -0.2) is 15.0 Å². The van der Waals surface area contributed by atoms with Crippen molar-refractivity contribution >= 4 is 29.2 Å². The molecular formula is C16H20F3N5OS2. The SMILES string of the molecule is CSN1CCC(Nc2ncc(C)c(-c3sc(CO)nc3C(F)(F)F)n2)CC1. The number of aliphatic hydroxyl groups is 1. The molecule has 0 aliphatic carbocycles. The first-order valence-corrected chi connectivity index (χ1v) is 10.4. The lowest BCUT2D eigenvalue weighted by Gasteiger charge is -2.30. The Morgan fingerprint density at radius 3 is 2.63 bits per heavy atom. The predicted octanol–water partition coefficient (Wildman–Crippen LogP) is 3.57. The molecule has 0 spiro atoms. The zero-order valence-electron chi connectivity index (χ0n) is 14.9. The average Bonchev–Trinajstić information content (AvgIpc) is 3.09. The Balaban J connectivity index is 1.87. The summed E-state index contributed by atoms with van der Waals surface area (Å²) >= 11 is 2.51. The number of rotatable bonds is 5. The zero-order chi connectivity index (χ0) is 19.6. The fourth-order valence-corrected chi connectivity index (χ4v) is 4.47. The topological polar surface area (TPSA) is 74.2 Å². The van der Waals surface area contributed by atoms with Gasteiger partial charge in [0, 0.05) is 25.3 Å². The second-order valence-electron chi connectivity index (χ2n) is 6.20. The standard InChI is InChI=1S/C16H20F3N5OS2/c1-9-7-20-15(21-10-3-5-24(26-2)6-4-10)23-12(9)13-14(16(17,18)19)22-11(8-25)27-13/h7,10,25H,3-6,8H2,1-2H3,(H,20,21,23). The molecule has 1 aliphatic heterocycles. The predicted molar refractivity (Wildman–Crippen MR) is 101 cm³/mol. The van der Waals surface area contributed by atoms with Crippen molar-refractivity contribution in [2.75, 3.05) is 24.7 Å². The highest BCUT2D eigenvalue weighted by Gasteiger charge is 2.38. The van der Waals surface area contributed by atoms with Crippen LogP contribution >= 0.6 is 23.3 Å². The third-order valence-corrected chi connectivity index (χ3v) is 6.24. The van der Waals surface area contributed by atoms with Crippen molar-refractivity contribution in [3.8, 4) is 10.6 Å². The van der Waals surface area contributed by atoms with Gasteiger partial charge in [0.1, 0.15) is 5.01 Å². The van der Waals surface area contributed by atoms with E-state index in [1.165, 1.54) is 6.20 Å². The zero-order valence-corrected chi connectivity index (χ0v) is 16.5. The van der Waals surface area contributed by atoms with Crippen LogP contribution in [0.4, 0.5) is 19.1 Å². The molecule has 11 heteroatoms. The van der Waals surface area contributed by atoms with Gasteiger partial charge in [-0.2, -0.15) is 13.2 Å². The minimum Gasteiger partial charge on any atom is -0.389 e. The van der Waals surface area contributed by atoms with E-state index in [2.05, 4.69) is 24.6 Å². The maximum absolute atomic E-state index is 13.4. The summed E-state index contributed by atoms with van der Waals surface area (Å²) in [5.41, 5.74) is -0.299. The van der Waals surface area contributed by atoms with Gasteiger partial charge in [-0.1, -0.05) is 11.9 Å². The second kappa shape index (κ2) is 8.29. The lowest BCUT2D eigenvalue weighted by Crippen LogP contribution is -2.35. The number of halogens is 3. The van der Waals surface area contributed by atoms with Crippen LogP contribution in [0.1, 0.15) is 29.1 Å². The molecule has 0 amide bonds. The van der Waals surface area contributed by atoms with Gasteiger partial charge >= 0.3 is 6.18 Å². The lowest BCUT2D eigenvalue weighted by atomic mass is 10.1. The Morgan fingerprint density at radius 1 is 1.33 bits per heavy atom. The molecule has 0 aromatic carbocycles. The molecule has 0 radical (unpaired) electrons. The van der Waals surface area contributed by atoms with E-state index in [9.17, 15) is 18.3 Å². The van der Waals surface area contributed by atoms with Gasteiger partial charge in [0.2, 0.25) is 5.95 Å². The molecule has 1 fully saturated rings. The van der Waals surface area contributed by atoms with Crippen LogP contribution in [0, 0.1) is 6.92 Å². The van der Waals surface area contributed by atoms with Crippen molar-refractivity contribution in [1.29, 1.82) is 0 Å². The molecule has 2 aromatic heterocycles. The first-order chi connectivity index (χ1) is 12.8. The minimum absolute atomic E-state index is 0.00860. The van der Waals surface area contributed by atoms with Gasteiger partial charge < -0.3 is 10.4 Å². The third-order valence-electron chi connectivity index (χ3n) is 4.31. The molecule has 148 valence electrons. The summed E-state index contributed by atoms with van der Waals surface area (Å²) in [6.07, 6.45) is 0.763. The number of aromatic nitrogens is 3. The summed E-state index contributed by atoms with van der Waals surface area (Å²) in [5.74, 6) is 0.310. The molecular weight excluding hydrogens is 399 g/mol. The Labute approximate surface area is 163 Å². The Kier molecular flexibility index (Phi) is 6.24. The molecule has 1 aliphatic rings. The smallest absolute Gasteiger partial charge is 0.389 e. The molecule has 0 saturated carbocycles. The molecule has 0 unspecified atom stereocenters. The van der Waals surface area contributed by atoms with Crippen molar-refractivity contribution in [2.45, 2.75) is 38.6 Å². The number of anilines is 1. The van der Waals surface area contributed by atoms with Gasteiger partial charge in [-0.05, 0) is 31.6 Å². The largest absolute Gasteiger partial charge is 0.434 e. The molecule has 0 bridgehead atoms. The lowest BCUT2D eigenvalue weighted by molar-refractivity contribution is -0.140. The number of aryl methyl sites for hydroxylation is 1. The van der Waals surface area contributed by atoms with E-state index in [0.717, 1.165) is 37.3 Å². The Hall–Kier alpha value is -1.43. The van der Waals surface area contributed by atoms with Crippen LogP contribution in [0.25, 0.3) is 10.6 Å². The fourth-order valence-electron chi connectivity index (χ4n) is 2.89. The van der Waals surface area contributed by atoms with E-state index in [1.54, 1.807) is 18.9 Å². The van der Waals surface area contributed by atoms with Gasteiger partial charge in [0.05, 0.1) is 17.2 Å². The average molecular weight is 419 g/mol. The molecule has 27 heavy (non-hydrogen) atoms. The molecule has 1 saturated heterocycles. The molecule has 2 aromatic rings. The van der Waals surface area contributed by atoms with Gasteiger partial charge in [0.15, 0.2) is 5.69 Å². The summed E-state index contributed by atoms with van der Waals surface area (Å²) in [6, 6.07) is 0.181. The number of hydrogen-bond donors (Lipinski definition) is 2. The summed E-state index contributed by atoms with van der Waals surface area (Å²) in [7, 11) is 0. The van der Waals surface area contributed by atoms with Crippen molar-refractivity contribution in [3.05, 3.63) is 22.5 Å². The van der Waals surface area contributed by atoms with Crippen molar-refractivity contribution in [3.63, 3.8) is 0 Å². The summed E-state index contributed by atoms with van der Waals surface area (Å²) in [6.45, 7) is 2.99. The molecule has 0 atom stereocenters. The number of nitrogens with one attached hydrogen (secondary N) is 1. The van der Waals surface area contributed by atoms with Crippen LogP contribution in [0.2, 0.25) is 0 Å². The minimum atomic E-state index is -4.62. The van der Waals surface area contributed by atoms with E-state index < -0.39 is 18.5 Å². The van der Waals surface area contributed by atoms with E-state index in [0.29, 0.717) is 11.5 Å². The molecule has 3 rings (SSSR count). The summed E-state index contributed by atoms with van der Waals surface area (Å²) in [4.78, 5) is 12.0. The van der Waals surface area contributed by atoms with Gasteiger partial charge in [0.25, 0.3) is 0 Å². The summed E-state index contributed by atoms with van der Waals surface area (Å²) in [5, 5.41) is 12.4. The second-order valence-corrected chi connectivity index (χ2v) is 8.16. The van der Waals surface area contributed by atoms with E-state index in [-0.39, 0.29) is 21.6 Å². The Bertz CT molecular complexity index is 791. The Morgan fingerprint density at radius 2 is 2.04 bits per heavy atom. The van der Waals surface area contributed by atoms with Gasteiger partial charge in [-0.3, -0.25) is 4.31 Å². The van der Waals surface area contributed by atoms with E-state index in [4.69, 9.17) is 0 Å². The monoisotopic (exact) mass is 419 g/mol. The first-order valence-electron chi connectivity index (χ1n) is 8.39. The number of thiazole rings is 1. The van der Waals surface area contributed by atoms with Gasteiger partial charge in [-0.15, -0.1) is 11.3 Å². The number of aliphatic hydroxyl groups excluding tert-OH is 1. The van der Waals surface area contributed by atoms with Crippen LogP contribution in [-0.2, 0) is 12.8 Å². The van der Waals surface area contributed by atoms with E-state index in [1.807, 2.05) is 6.26 Å². The summed E-state index contributed by atoms with van der Waals surface area (Å²) < 4.78 is 42.3. The van der Waals surface area contributed by atoms with Crippen molar-refractivity contribution in [2.24, 2.45) is 0 Å². The van der Waals surface area contributed by atoms with Crippen LogP contribution < -0.4 is 5.32 Å². The number of hydrogen-bond acceptors (Lipinski definition) is 8. The van der Waals surface area contributed by atoms with E-state index >= 15 is 0 Å². The first kappa shape index (κ1) is 20.3. The fraction of sp³-hybridized carbons (Fsp3) is 0.562. The number of alkyl halides is 3. The molecule has 6 nitrogen and oxygen atoms in total. The van der Waals surface area contributed by atoms with Crippen LogP contribution in [-0.4, -0.2) is 49.8 Å². The van der Waals surface area contributed by atoms with Crippen molar-refractivity contribution < 1.29 is 18.3 Å². The number of nitrogens with zero attached hydrogens (tertiary/aromatic N) is 4. The van der Waals surface area contributed by atoms with Crippen LogP contribution in [0.5, 0.6) is 0 Å². The highest BCUT2D eigenvalue weighted by molar-refractivity contribution is 7.96. The highest BCUT2D eigenvalue weighted by Crippen LogP contribution is 2.40. The van der Waals surface area contributed by atoms with Crippen molar-refractivity contribution in [1.82, 2.24) is 19.3 Å². The quantitative estimate of drug-likeness (QED) is 0.718. The molecule has 3 heterocycles. The number of piperidine rings is 1. The maximum Gasteiger partial charge on any atom is 0.434 e.